The van der Waals surface area contributed by atoms with E-state index in [-0.39, 0.29) is 0 Å². The third-order valence-electron chi connectivity index (χ3n) is 1.81. The van der Waals surface area contributed by atoms with Gasteiger partial charge in [0.25, 0.3) is 0 Å². The Labute approximate surface area is 97.2 Å². The fourth-order valence-electron chi connectivity index (χ4n) is 1.14. The number of rotatable bonds is 4. The highest BCUT2D eigenvalue weighted by Gasteiger charge is 2.09. The smallest absolute Gasteiger partial charge is 0.144 e. The lowest BCUT2D eigenvalue weighted by Crippen LogP contribution is -2.04. The van der Waals surface area contributed by atoms with Gasteiger partial charge in [-0.05, 0) is 28.6 Å². The van der Waals surface area contributed by atoms with E-state index in [4.69, 9.17) is 0 Å². The average molecular weight is 276 g/mol. The second-order valence-corrected chi connectivity index (χ2v) is 4.44. The van der Waals surface area contributed by atoms with Gasteiger partial charge in [0.05, 0.1) is 15.9 Å². The fourth-order valence-corrected chi connectivity index (χ4v) is 2.18. The molecular weight excluding hydrogens is 262 g/mol. The van der Waals surface area contributed by atoms with E-state index in [0.717, 1.165) is 34.0 Å². The molecular formula is C9H14BrN3S. The van der Waals surface area contributed by atoms with Gasteiger partial charge in [-0.25, -0.2) is 9.97 Å². The molecule has 0 saturated heterocycles. The maximum Gasteiger partial charge on any atom is 0.144 e. The molecule has 0 amide bonds. The molecule has 0 saturated carbocycles. The van der Waals surface area contributed by atoms with Crippen molar-refractivity contribution in [2.75, 3.05) is 18.6 Å². The van der Waals surface area contributed by atoms with Crippen LogP contribution in [0, 0.1) is 0 Å². The second-order valence-electron chi connectivity index (χ2n) is 2.79. The Hall–Kier alpha value is -0.290. The monoisotopic (exact) mass is 275 g/mol. The Balaban J connectivity index is 3.11. The van der Waals surface area contributed by atoms with Crippen LogP contribution in [0.3, 0.4) is 0 Å². The molecule has 0 aliphatic heterocycles. The van der Waals surface area contributed by atoms with Gasteiger partial charge in [-0.1, -0.05) is 6.92 Å². The van der Waals surface area contributed by atoms with Crippen LogP contribution >= 0.6 is 27.7 Å². The van der Waals surface area contributed by atoms with E-state index < -0.39 is 0 Å². The Morgan fingerprint density at radius 2 is 2.14 bits per heavy atom. The first-order valence-electron chi connectivity index (χ1n) is 4.44. The van der Waals surface area contributed by atoms with E-state index in [1.165, 1.54) is 0 Å². The standard InChI is InChI=1S/C9H14BrN3S/c1-4-6-8(10)9(11-2)13-7(12-6)5-14-3/h4-5H2,1-3H3,(H,11,12,13). The van der Waals surface area contributed by atoms with Gasteiger partial charge in [-0.15, -0.1) is 0 Å². The summed E-state index contributed by atoms with van der Waals surface area (Å²) in [4.78, 5) is 8.87. The van der Waals surface area contributed by atoms with Crippen molar-refractivity contribution in [2.24, 2.45) is 0 Å². The van der Waals surface area contributed by atoms with Crippen LogP contribution in [0.1, 0.15) is 18.4 Å². The normalized spacial score (nSPS) is 10.3. The molecule has 14 heavy (non-hydrogen) atoms. The van der Waals surface area contributed by atoms with Crippen molar-refractivity contribution in [3.8, 4) is 0 Å². The fraction of sp³-hybridized carbons (Fsp3) is 0.556. The van der Waals surface area contributed by atoms with E-state index in [1.54, 1.807) is 11.8 Å². The number of nitrogens with zero attached hydrogens (tertiary/aromatic N) is 2. The third kappa shape index (κ3) is 2.60. The zero-order valence-corrected chi connectivity index (χ0v) is 11.0. The van der Waals surface area contributed by atoms with E-state index in [1.807, 2.05) is 7.05 Å². The Bertz CT molecular complexity index is 292. The molecule has 0 radical (unpaired) electrons. The molecule has 0 bridgehead atoms. The number of hydrogen-bond donors (Lipinski definition) is 1. The minimum Gasteiger partial charge on any atom is -0.372 e. The van der Waals surface area contributed by atoms with Gasteiger partial charge in [0.1, 0.15) is 11.6 Å². The van der Waals surface area contributed by atoms with Gasteiger partial charge in [0.2, 0.25) is 0 Å². The van der Waals surface area contributed by atoms with Gasteiger partial charge in [0.15, 0.2) is 0 Å². The number of anilines is 1. The largest absolute Gasteiger partial charge is 0.372 e. The number of hydrogen-bond acceptors (Lipinski definition) is 4. The highest BCUT2D eigenvalue weighted by molar-refractivity contribution is 9.10. The highest BCUT2D eigenvalue weighted by Crippen LogP contribution is 2.24. The van der Waals surface area contributed by atoms with Crippen LogP contribution in [0.5, 0.6) is 0 Å². The maximum atomic E-state index is 4.47. The Kier molecular flexibility index (Phi) is 4.68. The molecule has 0 atom stereocenters. The molecule has 0 spiro atoms. The van der Waals surface area contributed by atoms with Crippen molar-refractivity contribution in [1.82, 2.24) is 9.97 Å². The van der Waals surface area contributed by atoms with Crippen LogP contribution in [-0.2, 0) is 12.2 Å². The van der Waals surface area contributed by atoms with Gasteiger partial charge in [0, 0.05) is 7.05 Å². The van der Waals surface area contributed by atoms with Crippen LogP contribution in [0.2, 0.25) is 0 Å². The van der Waals surface area contributed by atoms with Crippen molar-refractivity contribution in [2.45, 2.75) is 19.1 Å². The maximum absolute atomic E-state index is 4.47. The molecule has 78 valence electrons. The molecule has 1 N–H and O–H groups in total. The minimum absolute atomic E-state index is 0.856. The number of thioether (sulfide) groups is 1. The molecule has 0 fully saturated rings. The van der Waals surface area contributed by atoms with Crippen LogP contribution in [0.4, 0.5) is 5.82 Å². The second kappa shape index (κ2) is 5.56. The van der Waals surface area contributed by atoms with Gasteiger partial charge in [-0.2, -0.15) is 11.8 Å². The molecule has 3 nitrogen and oxygen atoms in total. The first-order chi connectivity index (χ1) is 6.72. The molecule has 0 aliphatic rings. The van der Waals surface area contributed by atoms with Crippen LogP contribution in [0.15, 0.2) is 4.47 Å². The summed E-state index contributed by atoms with van der Waals surface area (Å²) >= 11 is 5.22. The first-order valence-corrected chi connectivity index (χ1v) is 6.63. The summed E-state index contributed by atoms with van der Waals surface area (Å²) in [5, 5.41) is 3.06. The lowest BCUT2D eigenvalue weighted by molar-refractivity contribution is 0.931. The molecule has 0 aromatic carbocycles. The van der Waals surface area contributed by atoms with E-state index >= 15 is 0 Å². The van der Waals surface area contributed by atoms with Gasteiger partial charge in [-0.3, -0.25) is 0 Å². The summed E-state index contributed by atoms with van der Waals surface area (Å²) in [5.41, 5.74) is 1.06. The summed E-state index contributed by atoms with van der Waals surface area (Å²) in [7, 11) is 1.87. The van der Waals surface area contributed by atoms with Crippen molar-refractivity contribution in [3.63, 3.8) is 0 Å². The quantitative estimate of drug-likeness (QED) is 0.917. The molecule has 1 aromatic rings. The summed E-state index contributed by atoms with van der Waals surface area (Å²) in [5.74, 6) is 2.62. The average Bonchev–Trinajstić information content (AvgIpc) is 2.20. The molecule has 0 aliphatic carbocycles. The van der Waals surface area contributed by atoms with Crippen molar-refractivity contribution in [1.29, 1.82) is 0 Å². The highest BCUT2D eigenvalue weighted by atomic mass is 79.9. The van der Waals surface area contributed by atoms with Crippen LogP contribution in [-0.4, -0.2) is 23.3 Å². The topological polar surface area (TPSA) is 37.8 Å². The van der Waals surface area contributed by atoms with Gasteiger partial charge < -0.3 is 5.32 Å². The van der Waals surface area contributed by atoms with Crippen molar-refractivity contribution in [3.05, 3.63) is 16.0 Å². The number of halogens is 1. The zero-order chi connectivity index (χ0) is 10.6. The predicted octanol–water partition coefficient (Wildman–Crippen LogP) is 2.71. The number of aryl methyl sites for hydroxylation is 1. The van der Waals surface area contributed by atoms with E-state index in [0.29, 0.717) is 0 Å². The first kappa shape index (κ1) is 11.8. The predicted molar refractivity (Wildman–Crippen MR) is 65.9 cm³/mol. The van der Waals surface area contributed by atoms with Crippen molar-refractivity contribution >= 4 is 33.5 Å². The number of aromatic nitrogens is 2. The van der Waals surface area contributed by atoms with Crippen molar-refractivity contribution < 1.29 is 0 Å². The minimum atomic E-state index is 0.856. The zero-order valence-electron chi connectivity index (χ0n) is 8.59. The molecule has 5 heteroatoms. The van der Waals surface area contributed by atoms with Crippen LogP contribution in [0.25, 0.3) is 0 Å². The van der Waals surface area contributed by atoms with Gasteiger partial charge >= 0.3 is 0 Å². The van der Waals surface area contributed by atoms with E-state index in [2.05, 4.69) is 44.4 Å². The SMILES string of the molecule is CCc1nc(CSC)nc(NC)c1Br. The lowest BCUT2D eigenvalue weighted by Gasteiger charge is -2.08. The summed E-state index contributed by atoms with van der Waals surface area (Å²) in [6, 6.07) is 0. The van der Waals surface area contributed by atoms with Crippen LogP contribution < -0.4 is 5.32 Å². The molecule has 1 aromatic heterocycles. The molecule has 1 rings (SSSR count). The summed E-state index contributed by atoms with van der Waals surface area (Å²) in [6.45, 7) is 2.09. The number of nitrogens with one attached hydrogen (secondary N) is 1. The Morgan fingerprint density at radius 3 is 2.64 bits per heavy atom. The summed E-state index contributed by atoms with van der Waals surface area (Å²) < 4.78 is 0.979. The van der Waals surface area contributed by atoms with E-state index in [9.17, 15) is 0 Å². The lowest BCUT2D eigenvalue weighted by atomic mass is 10.3. The molecule has 0 unspecified atom stereocenters. The molecule has 1 heterocycles. The Morgan fingerprint density at radius 1 is 1.43 bits per heavy atom. The summed E-state index contributed by atoms with van der Waals surface area (Å²) in [6.07, 6.45) is 2.97. The third-order valence-corrected chi connectivity index (χ3v) is 3.19.